The van der Waals surface area contributed by atoms with Crippen LogP contribution >= 0.6 is 35.3 Å². The first kappa shape index (κ1) is 22.9. The first-order valence-corrected chi connectivity index (χ1v) is 9.37. The number of halogens is 1. The third kappa shape index (κ3) is 6.55. The summed E-state index contributed by atoms with van der Waals surface area (Å²) in [5.41, 5.74) is -0.292. The summed E-state index contributed by atoms with van der Waals surface area (Å²) in [4.78, 5) is 10.1. The molecule has 0 saturated carbocycles. The van der Waals surface area contributed by atoms with Crippen LogP contribution < -0.4 is 10.6 Å². The minimum atomic E-state index is -1.07. The molecular formula is C18H29IN4O2S. The van der Waals surface area contributed by atoms with Crippen LogP contribution in [0, 0.1) is 20.8 Å². The van der Waals surface area contributed by atoms with E-state index in [0.29, 0.717) is 5.96 Å². The van der Waals surface area contributed by atoms with Gasteiger partial charge in [0.15, 0.2) is 5.96 Å². The van der Waals surface area contributed by atoms with E-state index in [1.807, 2.05) is 33.0 Å². The predicted molar refractivity (Wildman–Crippen MR) is 118 cm³/mol. The van der Waals surface area contributed by atoms with Gasteiger partial charge in [-0.15, -0.1) is 35.3 Å². The van der Waals surface area contributed by atoms with Crippen molar-refractivity contribution in [3.8, 4) is 0 Å². The molecule has 0 radical (unpaired) electrons. The molecular weight excluding hydrogens is 463 g/mol. The summed E-state index contributed by atoms with van der Waals surface area (Å²) in [6.45, 7) is 11.3. The maximum Gasteiger partial charge on any atom is 0.191 e. The van der Waals surface area contributed by atoms with Gasteiger partial charge in [-0.2, -0.15) is 0 Å². The number of thiazole rings is 1. The van der Waals surface area contributed by atoms with Crippen molar-refractivity contribution in [2.75, 3.05) is 19.6 Å². The van der Waals surface area contributed by atoms with Gasteiger partial charge in [0.25, 0.3) is 0 Å². The summed E-state index contributed by atoms with van der Waals surface area (Å²) < 4.78 is 5.53. The SMILES string of the molecule is CCNC(=NCC(C)(O)c1cc(C)oc1C)NCCc1ncc(C)s1.I. The van der Waals surface area contributed by atoms with Gasteiger partial charge in [-0.25, -0.2) is 9.98 Å². The molecule has 26 heavy (non-hydrogen) atoms. The number of aryl methyl sites for hydroxylation is 3. The van der Waals surface area contributed by atoms with E-state index >= 15 is 0 Å². The Morgan fingerprint density at radius 1 is 1.35 bits per heavy atom. The van der Waals surface area contributed by atoms with Gasteiger partial charge < -0.3 is 20.2 Å². The molecule has 0 fully saturated rings. The molecule has 2 rings (SSSR count). The van der Waals surface area contributed by atoms with E-state index in [4.69, 9.17) is 4.42 Å². The van der Waals surface area contributed by atoms with Crippen LogP contribution in [-0.4, -0.2) is 35.7 Å². The molecule has 1 atom stereocenters. The monoisotopic (exact) mass is 492 g/mol. The first-order chi connectivity index (χ1) is 11.8. The summed E-state index contributed by atoms with van der Waals surface area (Å²) in [6.07, 6.45) is 2.74. The van der Waals surface area contributed by atoms with Gasteiger partial charge in [-0.05, 0) is 40.7 Å². The highest BCUT2D eigenvalue weighted by atomic mass is 127. The maximum atomic E-state index is 10.8. The zero-order valence-electron chi connectivity index (χ0n) is 16.0. The molecule has 0 amide bonds. The third-order valence-electron chi connectivity index (χ3n) is 3.81. The van der Waals surface area contributed by atoms with Crippen molar-refractivity contribution in [2.24, 2.45) is 4.99 Å². The number of furan rings is 1. The quantitative estimate of drug-likeness (QED) is 0.314. The molecule has 0 aliphatic heterocycles. The molecule has 0 bridgehead atoms. The van der Waals surface area contributed by atoms with Gasteiger partial charge in [-0.1, -0.05) is 0 Å². The van der Waals surface area contributed by atoms with Crippen LogP contribution in [0.2, 0.25) is 0 Å². The van der Waals surface area contributed by atoms with Crippen LogP contribution in [0.1, 0.15) is 40.8 Å². The van der Waals surface area contributed by atoms with Crippen molar-refractivity contribution in [1.29, 1.82) is 0 Å². The van der Waals surface area contributed by atoms with Gasteiger partial charge in [0, 0.05) is 36.1 Å². The topological polar surface area (TPSA) is 82.7 Å². The number of aliphatic imine (C=N–C) groups is 1. The number of guanidine groups is 1. The largest absolute Gasteiger partial charge is 0.466 e. The Balaban J connectivity index is 0.00000338. The molecule has 146 valence electrons. The molecule has 0 aromatic carbocycles. The molecule has 0 aliphatic rings. The molecule has 0 saturated heterocycles. The first-order valence-electron chi connectivity index (χ1n) is 8.55. The lowest BCUT2D eigenvalue weighted by molar-refractivity contribution is 0.0657. The summed E-state index contributed by atoms with van der Waals surface area (Å²) in [5, 5.41) is 18.4. The van der Waals surface area contributed by atoms with E-state index in [1.165, 1.54) is 4.88 Å². The zero-order valence-corrected chi connectivity index (χ0v) is 19.2. The smallest absolute Gasteiger partial charge is 0.191 e. The summed E-state index contributed by atoms with van der Waals surface area (Å²) in [5.74, 6) is 2.21. The lowest BCUT2D eigenvalue weighted by atomic mass is 9.96. The van der Waals surface area contributed by atoms with E-state index in [9.17, 15) is 5.11 Å². The highest BCUT2D eigenvalue weighted by Gasteiger charge is 2.27. The summed E-state index contributed by atoms with van der Waals surface area (Å²) in [6, 6.07) is 1.87. The Kier molecular flexibility index (Phi) is 9.05. The lowest BCUT2D eigenvalue weighted by Gasteiger charge is -2.21. The molecule has 0 aliphatic carbocycles. The highest BCUT2D eigenvalue weighted by Crippen LogP contribution is 2.27. The van der Waals surface area contributed by atoms with E-state index in [-0.39, 0.29) is 30.5 Å². The number of aromatic nitrogens is 1. The van der Waals surface area contributed by atoms with Crippen molar-refractivity contribution < 1.29 is 9.52 Å². The Hall–Kier alpha value is -1.13. The van der Waals surface area contributed by atoms with Crippen molar-refractivity contribution in [3.05, 3.63) is 39.2 Å². The van der Waals surface area contributed by atoms with Gasteiger partial charge in [0.1, 0.15) is 17.1 Å². The Bertz CT molecular complexity index is 725. The molecule has 2 aromatic heterocycles. The van der Waals surface area contributed by atoms with E-state index in [0.717, 1.165) is 41.6 Å². The Labute approximate surface area is 176 Å². The Morgan fingerprint density at radius 2 is 2.08 bits per heavy atom. The predicted octanol–water partition coefficient (Wildman–Crippen LogP) is 3.28. The number of nitrogens with one attached hydrogen (secondary N) is 2. The highest BCUT2D eigenvalue weighted by molar-refractivity contribution is 14.0. The van der Waals surface area contributed by atoms with Crippen molar-refractivity contribution >= 4 is 41.3 Å². The average Bonchev–Trinajstić information content (AvgIpc) is 3.10. The van der Waals surface area contributed by atoms with Gasteiger partial charge in [-0.3, -0.25) is 0 Å². The number of aliphatic hydroxyl groups is 1. The molecule has 6 nitrogen and oxygen atoms in total. The lowest BCUT2D eigenvalue weighted by Crippen LogP contribution is -2.39. The fourth-order valence-corrected chi connectivity index (χ4v) is 3.42. The van der Waals surface area contributed by atoms with Gasteiger partial charge >= 0.3 is 0 Å². The van der Waals surface area contributed by atoms with Crippen LogP contribution in [0.4, 0.5) is 0 Å². The van der Waals surface area contributed by atoms with Gasteiger partial charge in [0.05, 0.1) is 11.6 Å². The maximum absolute atomic E-state index is 10.8. The minimum Gasteiger partial charge on any atom is -0.466 e. The molecule has 1 unspecified atom stereocenters. The third-order valence-corrected chi connectivity index (χ3v) is 4.78. The normalized spacial score (nSPS) is 13.8. The summed E-state index contributed by atoms with van der Waals surface area (Å²) in [7, 11) is 0. The van der Waals surface area contributed by atoms with Crippen molar-refractivity contribution in [1.82, 2.24) is 15.6 Å². The second kappa shape index (κ2) is 10.3. The van der Waals surface area contributed by atoms with Crippen molar-refractivity contribution in [2.45, 2.75) is 46.6 Å². The summed E-state index contributed by atoms with van der Waals surface area (Å²) >= 11 is 1.71. The van der Waals surface area contributed by atoms with E-state index in [1.54, 1.807) is 18.3 Å². The average molecular weight is 492 g/mol. The molecule has 0 spiro atoms. The number of hydrogen-bond acceptors (Lipinski definition) is 5. The molecule has 3 N–H and O–H groups in total. The molecule has 2 heterocycles. The number of hydrogen-bond donors (Lipinski definition) is 3. The van der Waals surface area contributed by atoms with E-state index < -0.39 is 5.60 Å². The van der Waals surface area contributed by atoms with Crippen LogP contribution in [0.5, 0.6) is 0 Å². The molecule has 2 aromatic rings. The fourth-order valence-electron chi connectivity index (χ4n) is 2.63. The number of nitrogens with zero attached hydrogens (tertiary/aromatic N) is 2. The van der Waals surface area contributed by atoms with Crippen LogP contribution in [-0.2, 0) is 12.0 Å². The minimum absolute atomic E-state index is 0. The standard InChI is InChI=1S/C18H28N4O2S.HI/c1-6-19-17(20-8-7-16-21-10-13(3)25-16)22-11-18(5,23)15-9-12(2)24-14(15)4;/h9-10,23H,6-8,11H2,1-5H3,(H2,19,20,22);1H. The van der Waals surface area contributed by atoms with Crippen LogP contribution in [0.25, 0.3) is 0 Å². The van der Waals surface area contributed by atoms with Crippen LogP contribution in [0.15, 0.2) is 21.7 Å². The van der Waals surface area contributed by atoms with Crippen molar-refractivity contribution in [3.63, 3.8) is 0 Å². The zero-order chi connectivity index (χ0) is 18.4. The molecule has 8 heteroatoms. The van der Waals surface area contributed by atoms with E-state index in [2.05, 4.69) is 27.5 Å². The van der Waals surface area contributed by atoms with Crippen LogP contribution in [0.3, 0.4) is 0 Å². The fraction of sp³-hybridized carbons (Fsp3) is 0.556. The number of rotatable bonds is 7. The Morgan fingerprint density at radius 3 is 2.62 bits per heavy atom. The second-order valence-electron chi connectivity index (χ2n) is 6.34. The van der Waals surface area contributed by atoms with Gasteiger partial charge in [0.2, 0.25) is 0 Å². The second-order valence-corrected chi connectivity index (χ2v) is 7.66.